The number of nitrogens with two attached hydrogens (primary N) is 1. The number of halogens is 8. The summed E-state index contributed by atoms with van der Waals surface area (Å²) >= 11 is 2.99. The highest BCUT2D eigenvalue weighted by Gasteiger charge is 2.65. The van der Waals surface area contributed by atoms with Gasteiger partial charge in [0.05, 0.1) is 0 Å². The highest BCUT2D eigenvalue weighted by atomic mass is 79.9. The van der Waals surface area contributed by atoms with Gasteiger partial charge in [0.25, 0.3) is 17.2 Å². The average Bonchev–Trinajstić information content (AvgIpc) is 3.86. The van der Waals surface area contributed by atoms with Crippen LogP contribution in [0.15, 0.2) is 81.4 Å². The maximum atomic E-state index is 14.1. The van der Waals surface area contributed by atoms with Gasteiger partial charge in [-0.15, -0.1) is 10.2 Å². The minimum Gasteiger partial charge on any atom is -0.806 e. The molecule has 1 aliphatic heterocycles. The third kappa shape index (κ3) is 11.5. The first kappa shape index (κ1) is 52.8. The van der Waals surface area contributed by atoms with E-state index >= 15 is 0 Å². The average molecular weight is 931 g/mol. The Balaban J connectivity index is 0.00000784. The fourth-order valence-electron chi connectivity index (χ4n) is 4.78. The van der Waals surface area contributed by atoms with Gasteiger partial charge < -0.3 is 69.7 Å². The Bertz CT molecular complexity index is 2050. The number of nitrogens with zero attached hydrogens (tertiary/aromatic N) is 2. The zero-order valence-electron chi connectivity index (χ0n) is 30.0. The molecule has 0 spiro atoms. The lowest BCUT2D eigenvalue weighted by molar-refractivity contribution is -0.336. The number of rotatable bonds is 14. The van der Waals surface area contributed by atoms with Gasteiger partial charge in [0.15, 0.2) is 0 Å². The molecule has 3 aromatic carbocycles. The molecule has 18 nitrogen and oxygen atoms in total. The number of carbonyl (C=O) groups excluding carboxylic acids is 3. The van der Waals surface area contributed by atoms with Crippen molar-refractivity contribution < 1.29 is 73.8 Å². The Hall–Kier alpha value is -4.20. The van der Waals surface area contributed by atoms with Crippen LogP contribution < -0.4 is 60.5 Å². The molecule has 0 saturated carbocycles. The van der Waals surface area contributed by atoms with E-state index in [0.29, 0.717) is 24.3 Å². The summed E-state index contributed by atoms with van der Waals surface area (Å²) in [6, 6.07) is 5.15. The maximum absolute atomic E-state index is 14.1. The predicted octanol–water partition coefficient (Wildman–Crippen LogP) is 3.61. The number of hydrogen-bond acceptors (Lipinski definition) is 11. The van der Waals surface area contributed by atoms with E-state index < -0.39 is 103 Å². The lowest BCUT2D eigenvalue weighted by Gasteiger charge is -2.37. The smallest absolute Gasteiger partial charge is 0.442 e. The van der Waals surface area contributed by atoms with Crippen molar-refractivity contribution in [1.29, 1.82) is 0 Å². The van der Waals surface area contributed by atoms with Crippen molar-refractivity contribution in [1.82, 2.24) is 35.2 Å². The Labute approximate surface area is 326 Å². The van der Waals surface area contributed by atoms with Gasteiger partial charge in [0.2, 0.25) is 11.8 Å². The Kier molecular flexibility index (Phi) is 17.2. The molecule has 0 bridgehead atoms. The second-order valence-corrected chi connectivity index (χ2v) is 15.5. The van der Waals surface area contributed by atoms with E-state index in [-0.39, 0.29) is 40.2 Å². The minimum absolute atomic E-state index is 0. The molecule has 3 aromatic rings. The molecule has 2 atom stereocenters. The van der Waals surface area contributed by atoms with Crippen molar-refractivity contribution in [3.8, 4) is 0 Å². The van der Waals surface area contributed by atoms with E-state index in [2.05, 4.69) is 36.8 Å². The van der Waals surface area contributed by atoms with Gasteiger partial charge in [-0.05, 0) is 29.3 Å². The van der Waals surface area contributed by atoms with E-state index in [4.69, 9.17) is 5.73 Å². The fourth-order valence-corrected chi connectivity index (χ4v) is 6.20. The molecule has 0 aliphatic carbocycles. The van der Waals surface area contributed by atoms with Crippen molar-refractivity contribution in [2.75, 3.05) is 0 Å². The standard InChI is InChI=1S/C29H25BrF7N5O9P2.4H3N/c30-20-12-16(11-19(13-20)26(41-42-26)29(35,36)37)24(44)40-22(10-15-3-7-18(8-4-15)28(33,34)53(49,50)51)25(45)39-21(23(38)43)9-14-1-5-17(6-2-14)27(31,32)52(46,47)48;;;;/h1-8,11-13,21-22H,9-10H2,(H2,38,43)(H,39,45)(H,40,44)(H2,46,47,48)(H2,49,50,51);4*1H3/t21-,22-;;;;/m0..../s1. The lowest BCUT2D eigenvalue weighted by atomic mass is 9.99. The molecule has 0 fully saturated rings. The summed E-state index contributed by atoms with van der Waals surface area (Å²) in [5.41, 5.74) is -10.7. The highest BCUT2D eigenvalue weighted by molar-refractivity contribution is 9.10. The maximum Gasteiger partial charge on any atom is 0.442 e. The quantitative estimate of drug-likeness (QED) is 0.0915. The molecule has 0 radical (unpaired) electrons. The second kappa shape index (κ2) is 18.6. The van der Waals surface area contributed by atoms with Crippen molar-refractivity contribution in [2.45, 2.75) is 48.1 Å². The van der Waals surface area contributed by atoms with Gasteiger partial charge in [-0.25, -0.2) is 0 Å². The first-order chi connectivity index (χ1) is 24.2. The van der Waals surface area contributed by atoms with E-state index in [0.717, 1.165) is 42.5 Å². The molecule has 3 amide bonds. The van der Waals surface area contributed by atoms with Crippen molar-refractivity contribution in [2.24, 2.45) is 16.0 Å². The molecule has 28 heteroatoms. The van der Waals surface area contributed by atoms with Gasteiger partial charge >= 0.3 is 11.8 Å². The topological polar surface area (TPSA) is 398 Å². The van der Waals surface area contributed by atoms with Crippen LogP contribution in [0.1, 0.15) is 38.2 Å². The monoisotopic (exact) mass is 929 g/mol. The van der Waals surface area contributed by atoms with E-state index in [1.165, 1.54) is 0 Å². The van der Waals surface area contributed by atoms with Gasteiger partial charge in [0, 0.05) is 54.8 Å². The molecule has 0 aromatic heterocycles. The van der Waals surface area contributed by atoms with Crippen LogP contribution in [0.4, 0.5) is 30.7 Å². The number of amides is 3. The molecular formula is C29H37BrF7N9O9P2. The number of carbonyl (C=O) groups is 3. The third-order valence-electron chi connectivity index (χ3n) is 7.71. The molecule has 0 unspecified atom stereocenters. The van der Waals surface area contributed by atoms with Crippen LogP contribution in [0.3, 0.4) is 0 Å². The zero-order valence-corrected chi connectivity index (χ0v) is 33.4. The SMILES string of the molecule is NC(=O)[C@H](Cc1ccc(C(F)(F)P(=O)([O-])[O-])cc1)NC(=O)[C@H](Cc1ccc(C(F)(F)P(=O)([O-])[O-])cc1)NC(=O)c1cc(Br)cc(C2(C(F)(F)F)N=N2)c1.[NH4+].[NH4+].[NH4+].[NH4+]. The second-order valence-electron chi connectivity index (χ2n) is 11.5. The van der Waals surface area contributed by atoms with Crippen molar-refractivity contribution in [3.63, 3.8) is 0 Å². The van der Waals surface area contributed by atoms with Crippen LogP contribution in [0.5, 0.6) is 0 Å². The van der Waals surface area contributed by atoms with E-state index in [1.807, 2.05) is 0 Å². The Morgan fingerprint density at radius 3 is 1.46 bits per heavy atom. The van der Waals surface area contributed by atoms with Gasteiger partial charge in [-0.3, -0.25) is 14.4 Å². The van der Waals surface area contributed by atoms with Crippen molar-refractivity contribution in [3.05, 3.63) is 105 Å². The Morgan fingerprint density at radius 2 is 1.11 bits per heavy atom. The number of nitrogens with one attached hydrogen (secondary N) is 2. The molecule has 57 heavy (non-hydrogen) atoms. The first-order valence-corrected chi connectivity index (χ1v) is 18.3. The lowest BCUT2D eigenvalue weighted by Crippen LogP contribution is -2.54. The Morgan fingerprint density at radius 1 is 0.702 bits per heavy atom. The normalized spacial score (nSPS) is 14.6. The number of benzene rings is 3. The van der Waals surface area contributed by atoms with Crippen LogP contribution in [-0.2, 0) is 48.6 Å². The van der Waals surface area contributed by atoms with Crippen LogP contribution in [0, 0.1) is 0 Å². The van der Waals surface area contributed by atoms with Crippen LogP contribution >= 0.6 is 31.1 Å². The molecule has 1 aliphatic rings. The summed E-state index contributed by atoms with van der Waals surface area (Å²) in [6.45, 7) is 0. The number of quaternary nitrogens is 4. The molecule has 4 rings (SSSR count). The van der Waals surface area contributed by atoms with E-state index in [1.54, 1.807) is 0 Å². The zero-order chi connectivity index (χ0) is 39.9. The minimum atomic E-state index is -6.46. The summed E-state index contributed by atoms with van der Waals surface area (Å²) in [4.78, 5) is 83.3. The largest absolute Gasteiger partial charge is 0.806 e. The third-order valence-corrected chi connectivity index (χ3v) is 10.1. The summed E-state index contributed by atoms with van der Waals surface area (Å²) < 4.78 is 119. The molecule has 20 N–H and O–H groups in total. The number of alkyl halides is 7. The van der Waals surface area contributed by atoms with Gasteiger partial charge in [-0.2, -0.15) is 30.7 Å². The molecule has 0 saturated heterocycles. The van der Waals surface area contributed by atoms with Gasteiger partial charge in [-0.1, -0.05) is 64.5 Å². The fraction of sp³-hybridized carbons (Fsp3) is 0.276. The predicted molar refractivity (Wildman–Crippen MR) is 186 cm³/mol. The first-order valence-electron chi connectivity index (χ1n) is 14.4. The van der Waals surface area contributed by atoms with Crippen LogP contribution in [0.2, 0.25) is 0 Å². The number of hydrogen-bond donors (Lipinski definition) is 7. The molecule has 318 valence electrons. The van der Waals surface area contributed by atoms with Gasteiger partial charge in [0.1, 0.15) is 12.1 Å². The molecular weight excluding hydrogens is 893 g/mol. The summed E-state index contributed by atoms with van der Waals surface area (Å²) in [5.74, 6) is -3.62. The summed E-state index contributed by atoms with van der Waals surface area (Å²) in [6.07, 6.45) is -6.14. The van der Waals surface area contributed by atoms with Crippen LogP contribution in [0.25, 0.3) is 0 Å². The summed E-state index contributed by atoms with van der Waals surface area (Å²) in [7, 11) is -12.9. The summed E-state index contributed by atoms with van der Waals surface area (Å²) in [5, 5.41) is 10.6. The van der Waals surface area contributed by atoms with E-state index in [9.17, 15) is 73.8 Å². The van der Waals surface area contributed by atoms with Crippen LogP contribution in [-0.4, -0.2) is 36.0 Å². The molecule has 1 heterocycles. The number of primary amides is 1. The van der Waals surface area contributed by atoms with Crippen molar-refractivity contribution >= 4 is 48.8 Å². The highest BCUT2D eigenvalue weighted by Crippen LogP contribution is 2.54.